The first-order valence-electron chi connectivity index (χ1n) is 6.37. The van der Waals surface area contributed by atoms with Gasteiger partial charge < -0.3 is 29.5 Å². The van der Waals surface area contributed by atoms with Gasteiger partial charge in [0.05, 0.1) is 12.9 Å². The van der Waals surface area contributed by atoms with Gasteiger partial charge in [0.1, 0.15) is 30.2 Å². The fourth-order valence-electron chi connectivity index (χ4n) is 2.61. The normalized spacial score (nSPS) is 36.6. The van der Waals surface area contributed by atoms with Gasteiger partial charge in [-0.25, -0.2) is 15.0 Å². The predicted octanol–water partition coefficient (Wildman–Crippen LogP) is -4.45. The molecular formula is C10H11N5NaO6P. The van der Waals surface area contributed by atoms with Crippen LogP contribution in [-0.4, -0.2) is 49.5 Å². The average Bonchev–Trinajstić information content (AvgIpc) is 3.01. The van der Waals surface area contributed by atoms with Crippen molar-refractivity contribution in [2.75, 3.05) is 12.3 Å². The van der Waals surface area contributed by atoms with Crippen molar-refractivity contribution in [2.45, 2.75) is 24.5 Å². The summed E-state index contributed by atoms with van der Waals surface area (Å²) in [5, 5.41) is 10.3. The molecule has 5 atom stereocenters. The molecule has 23 heavy (non-hydrogen) atoms. The van der Waals surface area contributed by atoms with Gasteiger partial charge in [-0.05, 0) is 0 Å². The fraction of sp³-hybridized carbons (Fsp3) is 0.500. The van der Waals surface area contributed by atoms with Crippen LogP contribution in [0.3, 0.4) is 0 Å². The van der Waals surface area contributed by atoms with Gasteiger partial charge in [0.25, 0.3) is 7.82 Å². The van der Waals surface area contributed by atoms with Crippen LogP contribution in [-0.2, 0) is 18.3 Å². The predicted molar refractivity (Wildman–Crippen MR) is 68.1 cm³/mol. The first-order chi connectivity index (χ1) is 10.5. The summed E-state index contributed by atoms with van der Waals surface area (Å²) in [5.74, 6) is 0.192. The first kappa shape index (κ1) is 17.2. The number of aromatic nitrogens is 4. The summed E-state index contributed by atoms with van der Waals surface area (Å²) in [6.45, 7) is -0.219. The third kappa shape index (κ3) is 2.82. The minimum absolute atomic E-state index is 0. The Bertz CT molecular complexity index is 788. The van der Waals surface area contributed by atoms with Crippen LogP contribution >= 0.6 is 7.82 Å². The molecule has 0 saturated carbocycles. The van der Waals surface area contributed by atoms with Gasteiger partial charge >= 0.3 is 29.6 Å². The quantitative estimate of drug-likeness (QED) is 0.379. The number of nitrogen functional groups attached to an aromatic ring is 1. The van der Waals surface area contributed by atoms with Crippen LogP contribution in [0.2, 0.25) is 0 Å². The van der Waals surface area contributed by atoms with Crippen molar-refractivity contribution in [3.8, 4) is 0 Å². The van der Waals surface area contributed by atoms with E-state index in [-0.39, 0.29) is 42.0 Å². The van der Waals surface area contributed by atoms with E-state index in [1.165, 1.54) is 17.2 Å². The van der Waals surface area contributed by atoms with Gasteiger partial charge in [0, 0.05) is 0 Å². The zero-order valence-corrected chi connectivity index (χ0v) is 14.9. The number of nitrogens with zero attached hydrogens (tertiary/aromatic N) is 4. The van der Waals surface area contributed by atoms with Crippen LogP contribution in [0.5, 0.6) is 0 Å². The van der Waals surface area contributed by atoms with Gasteiger partial charge in [-0.2, -0.15) is 0 Å². The number of nitrogens with two attached hydrogens (primary N) is 1. The van der Waals surface area contributed by atoms with E-state index in [1.807, 2.05) is 0 Å². The maximum absolute atomic E-state index is 11.3. The number of phosphoric acid groups is 1. The number of rotatable bonds is 1. The van der Waals surface area contributed by atoms with Crippen molar-refractivity contribution in [3.05, 3.63) is 12.7 Å². The molecule has 11 nitrogen and oxygen atoms in total. The maximum Gasteiger partial charge on any atom is 1.00 e. The standard InChI is InChI=1S/C10H12N5O6P.Na/c11-8-5-9(13-2-12-8)15(3-14-5)10-6(16)7-4(20-10)1-19-22(17,18)21-7;/h2-4,6-7,10,16H,1H2,(H,17,18)(H2,11,12,13);/q;+1/p-1/t4-,6?,7-,10-;/m1./s1. The summed E-state index contributed by atoms with van der Waals surface area (Å²) >= 11 is 0. The van der Waals surface area contributed by atoms with Crippen molar-refractivity contribution >= 4 is 24.8 Å². The number of anilines is 1. The second kappa shape index (κ2) is 6.03. The summed E-state index contributed by atoms with van der Waals surface area (Å²) in [6.07, 6.45) is -1.26. The number of hydrogen-bond acceptors (Lipinski definition) is 10. The zero-order valence-electron chi connectivity index (χ0n) is 12.0. The van der Waals surface area contributed by atoms with Gasteiger partial charge in [-0.3, -0.25) is 9.13 Å². The summed E-state index contributed by atoms with van der Waals surface area (Å²) in [7, 11) is -4.41. The molecule has 4 heterocycles. The van der Waals surface area contributed by atoms with E-state index in [9.17, 15) is 14.6 Å². The first-order valence-corrected chi connectivity index (χ1v) is 7.83. The number of hydrogen-bond donors (Lipinski definition) is 2. The molecular weight excluding hydrogens is 340 g/mol. The van der Waals surface area contributed by atoms with E-state index in [1.54, 1.807) is 0 Å². The molecule has 2 saturated heterocycles. The van der Waals surface area contributed by atoms with Gasteiger partial charge in [0.15, 0.2) is 17.7 Å². The van der Waals surface area contributed by atoms with E-state index < -0.39 is 32.4 Å². The van der Waals surface area contributed by atoms with Crippen LogP contribution in [0, 0.1) is 0 Å². The molecule has 2 aromatic rings. The third-order valence-electron chi connectivity index (χ3n) is 3.62. The van der Waals surface area contributed by atoms with Crippen molar-refractivity contribution in [2.24, 2.45) is 0 Å². The summed E-state index contributed by atoms with van der Waals surface area (Å²) in [6, 6.07) is 0. The molecule has 0 radical (unpaired) electrons. The summed E-state index contributed by atoms with van der Waals surface area (Å²) in [4.78, 5) is 23.3. The number of imidazole rings is 1. The molecule has 0 amide bonds. The molecule has 4 rings (SSSR count). The topological polar surface area (TPSA) is 158 Å². The summed E-state index contributed by atoms with van der Waals surface area (Å²) < 4.78 is 27.8. The molecule has 2 aliphatic rings. The SMILES string of the molecule is Nc1ncnc2c1ncn2[C@@H]1O[C@@H]2COP(=O)([O-])O[C@H]2C1O.[Na+]. The largest absolute Gasteiger partial charge is 1.00 e. The Morgan fingerprint density at radius 1 is 1.43 bits per heavy atom. The monoisotopic (exact) mass is 351 g/mol. The van der Waals surface area contributed by atoms with Gasteiger partial charge in [0.2, 0.25) is 0 Å². The molecule has 3 N–H and O–H groups in total. The van der Waals surface area contributed by atoms with E-state index in [0.717, 1.165) is 0 Å². The second-order valence-corrected chi connectivity index (χ2v) is 6.32. The maximum atomic E-state index is 11.3. The van der Waals surface area contributed by atoms with Gasteiger partial charge in [-0.15, -0.1) is 0 Å². The van der Waals surface area contributed by atoms with Crippen molar-refractivity contribution in [3.63, 3.8) is 0 Å². The number of phosphoric ester groups is 1. The van der Waals surface area contributed by atoms with Crippen LogP contribution in [0.15, 0.2) is 12.7 Å². The minimum Gasteiger partial charge on any atom is -0.756 e. The number of fused-ring (bicyclic) bond motifs is 2. The molecule has 2 aromatic heterocycles. The average molecular weight is 351 g/mol. The van der Waals surface area contributed by atoms with E-state index in [2.05, 4.69) is 19.5 Å². The molecule has 2 aliphatic heterocycles. The van der Waals surface area contributed by atoms with Crippen LogP contribution in [0.4, 0.5) is 5.82 Å². The van der Waals surface area contributed by atoms with Crippen molar-refractivity contribution in [1.82, 2.24) is 19.5 Å². The zero-order chi connectivity index (χ0) is 15.5. The van der Waals surface area contributed by atoms with Crippen LogP contribution in [0.25, 0.3) is 11.2 Å². The van der Waals surface area contributed by atoms with Crippen LogP contribution in [0.1, 0.15) is 6.23 Å². The number of aliphatic hydroxyl groups excluding tert-OH is 1. The molecule has 2 unspecified atom stereocenters. The molecule has 0 bridgehead atoms. The number of ether oxygens (including phenoxy) is 1. The Balaban J connectivity index is 0.00000156. The molecule has 0 aliphatic carbocycles. The Kier molecular flexibility index (Phi) is 4.51. The smallest absolute Gasteiger partial charge is 0.756 e. The number of aliphatic hydroxyl groups is 1. The fourth-order valence-corrected chi connectivity index (χ4v) is 3.56. The Morgan fingerprint density at radius 2 is 2.22 bits per heavy atom. The van der Waals surface area contributed by atoms with Crippen molar-refractivity contribution in [1.29, 1.82) is 0 Å². The second-order valence-electron chi connectivity index (χ2n) is 4.95. The Labute approximate surface area is 151 Å². The molecule has 0 spiro atoms. The molecule has 2 fully saturated rings. The van der Waals surface area contributed by atoms with E-state index >= 15 is 0 Å². The molecule has 0 aromatic carbocycles. The minimum atomic E-state index is -4.41. The van der Waals surface area contributed by atoms with E-state index in [0.29, 0.717) is 11.2 Å². The van der Waals surface area contributed by atoms with E-state index in [4.69, 9.17) is 15.0 Å². The Hall–Kier alpha value is -0.620. The van der Waals surface area contributed by atoms with Crippen LogP contribution < -0.4 is 40.2 Å². The summed E-state index contributed by atoms with van der Waals surface area (Å²) in [5.41, 5.74) is 6.43. The third-order valence-corrected chi connectivity index (χ3v) is 4.59. The molecule has 13 heteroatoms. The van der Waals surface area contributed by atoms with Crippen molar-refractivity contribution < 1.29 is 57.9 Å². The molecule has 118 valence electrons. The Morgan fingerprint density at radius 3 is 3.00 bits per heavy atom. The van der Waals surface area contributed by atoms with Gasteiger partial charge in [-0.1, -0.05) is 0 Å².